The van der Waals surface area contributed by atoms with Crippen molar-refractivity contribution in [2.45, 2.75) is 26.8 Å². The molecule has 1 fully saturated rings. The second-order valence-electron chi connectivity index (χ2n) is 5.57. The molecule has 0 atom stereocenters. The molecule has 0 aliphatic carbocycles. The van der Waals surface area contributed by atoms with E-state index in [0.717, 1.165) is 64.3 Å². The fourth-order valence-corrected chi connectivity index (χ4v) is 2.72. The first-order valence-electron chi connectivity index (χ1n) is 8.65. The number of nitriles is 1. The summed E-state index contributed by atoms with van der Waals surface area (Å²) in [6.07, 6.45) is 1.85. The second kappa shape index (κ2) is 12.4. The quantitative estimate of drug-likeness (QED) is 0.792. The molecule has 3 rings (SSSR count). The number of anilines is 1. The van der Waals surface area contributed by atoms with Crippen LogP contribution in [0.5, 0.6) is 0 Å². The number of aromatic nitrogens is 1. The number of ether oxygens (including phenoxy) is 1. The number of carbonyl (C=O) groups is 1. The van der Waals surface area contributed by atoms with Gasteiger partial charge in [-0.3, -0.25) is 4.79 Å². The fourth-order valence-electron chi connectivity index (χ4n) is 2.72. The van der Waals surface area contributed by atoms with Gasteiger partial charge < -0.3 is 20.3 Å². The molecule has 25 heavy (non-hydrogen) atoms. The molecule has 2 aliphatic heterocycles. The molecule has 1 aromatic heterocycles. The minimum Gasteiger partial charge on any atom is -0.385 e. The van der Waals surface area contributed by atoms with Crippen molar-refractivity contribution in [3.63, 3.8) is 0 Å². The van der Waals surface area contributed by atoms with Crippen LogP contribution in [0, 0.1) is 11.3 Å². The molecule has 0 radical (unpaired) electrons. The Bertz CT molecular complexity index is 563. The Morgan fingerprint density at radius 1 is 1.36 bits per heavy atom. The summed E-state index contributed by atoms with van der Waals surface area (Å²) in [6.45, 7) is 9.99. The van der Waals surface area contributed by atoms with Gasteiger partial charge in [-0.25, -0.2) is 4.98 Å². The predicted molar refractivity (Wildman–Crippen MR) is 99.0 cm³/mol. The molecule has 2 N–H and O–H groups in total. The Labute approximate surface area is 150 Å². The fraction of sp³-hybridized carbons (Fsp3) is 0.611. The zero-order valence-corrected chi connectivity index (χ0v) is 15.5. The highest BCUT2D eigenvalue weighted by Gasteiger charge is 2.20. The van der Waals surface area contributed by atoms with E-state index < -0.39 is 0 Å². The standard InChI is InChI=1S/C13H18N4O.C3H8O.C2H3N/c18-9-10-7-13(17-5-3-14-4-6-17)11-1-2-15-8-12(11)16-10;1-3-4-2;1-2-3/h7,9,14-15H,1-6,8H2;3H2,1-2H3;1H3. The van der Waals surface area contributed by atoms with E-state index in [1.807, 2.05) is 13.0 Å². The van der Waals surface area contributed by atoms with Crippen molar-refractivity contribution in [3.8, 4) is 6.07 Å². The molecule has 138 valence electrons. The van der Waals surface area contributed by atoms with Crippen LogP contribution in [-0.4, -0.2) is 57.7 Å². The van der Waals surface area contributed by atoms with E-state index in [9.17, 15) is 4.79 Å². The molecule has 0 spiro atoms. The van der Waals surface area contributed by atoms with Crippen LogP contribution in [0.1, 0.15) is 35.6 Å². The van der Waals surface area contributed by atoms with Crippen molar-refractivity contribution in [2.75, 3.05) is 51.3 Å². The number of hydrogen-bond donors (Lipinski definition) is 2. The first-order valence-corrected chi connectivity index (χ1v) is 8.65. The van der Waals surface area contributed by atoms with E-state index in [4.69, 9.17) is 5.26 Å². The number of aldehydes is 1. The Hall–Kier alpha value is -2.01. The van der Waals surface area contributed by atoms with Crippen molar-refractivity contribution in [3.05, 3.63) is 23.0 Å². The van der Waals surface area contributed by atoms with Crippen LogP contribution in [0.2, 0.25) is 0 Å². The van der Waals surface area contributed by atoms with Crippen LogP contribution >= 0.6 is 0 Å². The second-order valence-corrected chi connectivity index (χ2v) is 5.57. The molecule has 1 aromatic rings. The van der Waals surface area contributed by atoms with E-state index in [0.29, 0.717) is 5.69 Å². The van der Waals surface area contributed by atoms with Crippen LogP contribution in [-0.2, 0) is 17.7 Å². The van der Waals surface area contributed by atoms with Gasteiger partial charge in [-0.15, -0.1) is 0 Å². The lowest BCUT2D eigenvalue weighted by molar-refractivity contribution is 0.111. The maximum atomic E-state index is 11.0. The lowest BCUT2D eigenvalue weighted by atomic mass is 10.0. The SMILES string of the molecule is CC#N.CCOC.O=Cc1cc(N2CCNCC2)c2c(n1)CNCC2. The molecule has 7 nitrogen and oxygen atoms in total. The number of fused-ring (bicyclic) bond motifs is 1. The highest BCUT2D eigenvalue weighted by atomic mass is 16.5. The number of methoxy groups -OCH3 is 1. The Morgan fingerprint density at radius 2 is 2.00 bits per heavy atom. The molecule has 0 unspecified atom stereocenters. The van der Waals surface area contributed by atoms with Gasteiger partial charge in [0.2, 0.25) is 0 Å². The monoisotopic (exact) mass is 347 g/mol. The number of nitrogens with zero attached hydrogens (tertiary/aromatic N) is 3. The third-order valence-electron chi connectivity index (χ3n) is 3.92. The molecule has 0 saturated carbocycles. The summed E-state index contributed by atoms with van der Waals surface area (Å²) in [6, 6.07) is 3.70. The number of carbonyl (C=O) groups excluding carboxylic acids is 1. The van der Waals surface area contributed by atoms with Crippen molar-refractivity contribution in [2.24, 2.45) is 0 Å². The Balaban J connectivity index is 0.000000386. The highest BCUT2D eigenvalue weighted by Crippen LogP contribution is 2.26. The van der Waals surface area contributed by atoms with Gasteiger partial charge in [0.25, 0.3) is 0 Å². The molecular formula is C18H29N5O2. The summed E-state index contributed by atoms with van der Waals surface area (Å²) < 4.78 is 4.54. The third kappa shape index (κ3) is 6.78. The van der Waals surface area contributed by atoms with Crippen LogP contribution in [0.3, 0.4) is 0 Å². The average molecular weight is 347 g/mol. The van der Waals surface area contributed by atoms with Gasteiger partial charge >= 0.3 is 0 Å². The zero-order valence-electron chi connectivity index (χ0n) is 15.5. The molecule has 1 saturated heterocycles. The molecule has 0 aromatic carbocycles. The van der Waals surface area contributed by atoms with Gasteiger partial charge in [0.05, 0.1) is 11.8 Å². The van der Waals surface area contributed by atoms with E-state index >= 15 is 0 Å². The van der Waals surface area contributed by atoms with Crippen molar-refractivity contribution in [1.82, 2.24) is 15.6 Å². The highest BCUT2D eigenvalue weighted by molar-refractivity contribution is 5.76. The molecule has 7 heteroatoms. The lowest BCUT2D eigenvalue weighted by Gasteiger charge is -2.33. The predicted octanol–water partition coefficient (Wildman–Crippen LogP) is 1.13. The van der Waals surface area contributed by atoms with Crippen LogP contribution in [0.15, 0.2) is 6.07 Å². The molecule has 0 bridgehead atoms. The molecule has 3 heterocycles. The van der Waals surface area contributed by atoms with Crippen molar-refractivity contribution < 1.29 is 9.53 Å². The Morgan fingerprint density at radius 3 is 2.56 bits per heavy atom. The van der Waals surface area contributed by atoms with Gasteiger partial charge in [0.1, 0.15) is 5.69 Å². The maximum absolute atomic E-state index is 11.0. The summed E-state index contributed by atoms with van der Waals surface area (Å²) in [5, 5.41) is 14.0. The zero-order chi connectivity index (χ0) is 18.5. The van der Waals surface area contributed by atoms with Crippen molar-refractivity contribution >= 4 is 12.0 Å². The summed E-state index contributed by atoms with van der Waals surface area (Å²) in [5.74, 6) is 0. The van der Waals surface area contributed by atoms with Gasteiger partial charge in [-0.2, -0.15) is 5.26 Å². The maximum Gasteiger partial charge on any atom is 0.168 e. The van der Waals surface area contributed by atoms with Gasteiger partial charge in [-0.1, -0.05) is 0 Å². The first kappa shape index (κ1) is 21.0. The molecule has 2 aliphatic rings. The number of rotatable bonds is 3. The van der Waals surface area contributed by atoms with Gasteiger partial charge in [0.15, 0.2) is 6.29 Å². The summed E-state index contributed by atoms with van der Waals surface area (Å²) in [5.41, 5.74) is 4.12. The average Bonchev–Trinajstić information content (AvgIpc) is 2.68. The number of hydrogen-bond acceptors (Lipinski definition) is 7. The number of piperazine rings is 1. The smallest absolute Gasteiger partial charge is 0.168 e. The summed E-state index contributed by atoms with van der Waals surface area (Å²) in [4.78, 5) is 17.8. The number of pyridine rings is 1. The van der Waals surface area contributed by atoms with Crippen LogP contribution < -0.4 is 15.5 Å². The molecular weight excluding hydrogens is 318 g/mol. The van der Waals surface area contributed by atoms with E-state index in [2.05, 4.69) is 25.3 Å². The van der Waals surface area contributed by atoms with Crippen LogP contribution in [0.25, 0.3) is 0 Å². The minimum absolute atomic E-state index is 0.547. The van der Waals surface area contributed by atoms with E-state index in [1.165, 1.54) is 18.2 Å². The topological polar surface area (TPSA) is 90.3 Å². The Kier molecular flexibility index (Phi) is 10.4. The first-order chi connectivity index (χ1) is 12.2. The van der Waals surface area contributed by atoms with Gasteiger partial charge in [-0.05, 0) is 31.5 Å². The van der Waals surface area contributed by atoms with Crippen molar-refractivity contribution in [1.29, 1.82) is 5.26 Å². The van der Waals surface area contributed by atoms with Crippen LogP contribution in [0.4, 0.5) is 5.69 Å². The lowest BCUT2D eigenvalue weighted by Crippen LogP contribution is -2.44. The normalized spacial score (nSPS) is 15.5. The third-order valence-corrected chi connectivity index (χ3v) is 3.92. The largest absolute Gasteiger partial charge is 0.385 e. The summed E-state index contributed by atoms with van der Waals surface area (Å²) in [7, 11) is 1.68. The van der Waals surface area contributed by atoms with Gasteiger partial charge in [0, 0.05) is 59.1 Å². The van der Waals surface area contributed by atoms with E-state index in [1.54, 1.807) is 13.2 Å². The summed E-state index contributed by atoms with van der Waals surface area (Å²) >= 11 is 0. The number of nitrogens with one attached hydrogen (secondary N) is 2. The minimum atomic E-state index is 0.547. The van der Waals surface area contributed by atoms with E-state index in [-0.39, 0.29) is 0 Å². The molecule has 0 amide bonds.